The van der Waals surface area contributed by atoms with Crippen LogP contribution in [0.2, 0.25) is 0 Å². The van der Waals surface area contributed by atoms with Crippen LogP contribution in [-0.4, -0.2) is 41.6 Å². The number of benzene rings is 1. The Hall–Kier alpha value is -0.820. The van der Waals surface area contributed by atoms with E-state index in [9.17, 15) is 9.90 Å². The molecule has 5 heteroatoms. The van der Waals surface area contributed by atoms with Crippen LogP contribution >= 0.6 is 22.6 Å². The van der Waals surface area contributed by atoms with Gasteiger partial charge in [-0.15, -0.1) is 0 Å². The van der Waals surface area contributed by atoms with Crippen LogP contribution in [0.3, 0.4) is 0 Å². The maximum absolute atomic E-state index is 12.3. The van der Waals surface area contributed by atoms with Crippen LogP contribution < -0.4 is 5.32 Å². The molecule has 3 heterocycles. The highest BCUT2D eigenvalue weighted by Gasteiger charge is 2.35. The summed E-state index contributed by atoms with van der Waals surface area (Å²) in [5.74, 6) is 0.493. The molecule has 0 aromatic heterocycles. The monoisotopic (exact) mass is 372 g/mol. The summed E-state index contributed by atoms with van der Waals surface area (Å²) in [5, 5.41) is 12.9. The lowest BCUT2D eigenvalue weighted by molar-refractivity contribution is 0.0619. The molecule has 0 aliphatic carbocycles. The van der Waals surface area contributed by atoms with E-state index in [-0.39, 0.29) is 17.7 Å². The highest BCUT2D eigenvalue weighted by atomic mass is 127. The summed E-state index contributed by atoms with van der Waals surface area (Å²) < 4.78 is 0.953. The number of aromatic hydroxyl groups is 1. The first-order valence-corrected chi connectivity index (χ1v) is 7.73. The maximum Gasteiger partial charge on any atom is 0.255 e. The number of phenolic OH excluding ortho intramolecular Hbond substituents is 1. The zero-order valence-corrected chi connectivity index (χ0v) is 12.8. The van der Waals surface area contributed by atoms with E-state index in [2.05, 4.69) is 32.8 Å². The van der Waals surface area contributed by atoms with E-state index in [0.717, 1.165) is 23.2 Å². The lowest BCUT2D eigenvalue weighted by Crippen LogP contribution is -2.57. The molecule has 1 atom stereocenters. The molecule has 3 fully saturated rings. The molecule has 2 N–H and O–H groups in total. The van der Waals surface area contributed by atoms with Crippen molar-refractivity contribution in [3.63, 3.8) is 0 Å². The van der Waals surface area contributed by atoms with E-state index in [4.69, 9.17) is 0 Å². The predicted octanol–water partition coefficient (Wildman–Crippen LogP) is 1.82. The molecular weight excluding hydrogens is 355 g/mol. The van der Waals surface area contributed by atoms with Gasteiger partial charge in [0, 0.05) is 16.2 Å². The first-order chi connectivity index (χ1) is 9.13. The number of fused-ring (bicyclic) bond motifs is 3. The van der Waals surface area contributed by atoms with E-state index in [1.54, 1.807) is 18.2 Å². The Bertz CT molecular complexity index is 498. The second kappa shape index (κ2) is 5.28. The second-order valence-corrected chi connectivity index (χ2v) is 6.63. The molecule has 102 valence electrons. The SMILES string of the molecule is O=C(NC1CN2CCC1CC2)c1cc(I)ccc1O. The molecular formula is C14H17IN2O2. The minimum atomic E-state index is -0.158. The van der Waals surface area contributed by atoms with Gasteiger partial charge < -0.3 is 15.3 Å². The van der Waals surface area contributed by atoms with Gasteiger partial charge in [-0.3, -0.25) is 4.79 Å². The van der Waals surface area contributed by atoms with Gasteiger partial charge in [0.1, 0.15) is 5.75 Å². The van der Waals surface area contributed by atoms with Gasteiger partial charge in [-0.25, -0.2) is 0 Å². The van der Waals surface area contributed by atoms with Gasteiger partial charge in [-0.2, -0.15) is 0 Å². The number of phenols is 1. The summed E-state index contributed by atoms with van der Waals surface area (Å²) in [4.78, 5) is 14.7. The summed E-state index contributed by atoms with van der Waals surface area (Å²) in [5.41, 5.74) is 0.378. The zero-order chi connectivity index (χ0) is 13.4. The fourth-order valence-electron chi connectivity index (χ4n) is 3.06. The molecule has 1 amide bonds. The van der Waals surface area contributed by atoms with Gasteiger partial charge in [0.25, 0.3) is 5.91 Å². The van der Waals surface area contributed by atoms with Crippen molar-refractivity contribution >= 4 is 28.5 Å². The molecule has 0 radical (unpaired) electrons. The minimum Gasteiger partial charge on any atom is -0.507 e. The van der Waals surface area contributed by atoms with Crippen LogP contribution in [0.4, 0.5) is 0 Å². The summed E-state index contributed by atoms with van der Waals surface area (Å²) >= 11 is 2.15. The number of nitrogens with zero attached hydrogens (tertiary/aromatic N) is 1. The molecule has 1 aromatic rings. The van der Waals surface area contributed by atoms with Crippen molar-refractivity contribution in [1.82, 2.24) is 10.2 Å². The summed E-state index contributed by atoms with van der Waals surface area (Å²) in [7, 11) is 0. The minimum absolute atomic E-state index is 0.0548. The highest BCUT2D eigenvalue weighted by Crippen LogP contribution is 2.28. The van der Waals surface area contributed by atoms with Crippen LogP contribution in [-0.2, 0) is 0 Å². The molecule has 0 saturated carbocycles. The maximum atomic E-state index is 12.3. The van der Waals surface area contributed by atoms with Crippen molar-refractivity contribution in [2.45, 2.75) is 18.9 Å². The van der Waals surface area contributed by atoms with Crippen LogP contribution in [0, 0.1) is 9.49 Å². The number of amides is 1. The van der Waals surface area contributed by atoms with Crippen molar-refractivity contribution in [2.75, 3.05) is 19.6 Å². The Morgan fingerprint density at radius 1 is 1.37 bits per heavy atom. The Kier molecular flexibility index (Phi) is 3.66. The van der Waals surface area contributed by atoms with Crippen LogP contribution in [0.25, 0.3) is 0 Å². The third-order valence-electron chi connectivity index (χ3n) is 4.18. The van der Waals surface area contributed by atoms with Crippen LogP contribution in [0.15, 0.2) is 18.2 Å². The van der Waals surface area contributed by atoms with Gasteiger partial charge in [-0.05, 0) is 72.6 Å². The van der Waals surface area contributed by atoms with E-state index in [1.807, 2.05) is 0 Å². The highest BCUT2D eigenvalue weighted by molar-refractivity contribution is 14.1. The van der Waals surface area contributed by atoms with E-state index >= 15 is 0 Å². The molecule has 19 heavy (non-hydrogen) atoms. The third-order valence-corrected chi connectivity index (χ3v) is 4.85. The van der Waals surface area contributed by atoms with E-state index in [0.29, 0.717) is 11.5 Å². The smallest absolute Gasteiger partial charge is 0.255 e. The first-order valence-electron chi connectivity index (χ1n) is 6.65. The first kappa shape index (κ1) is 13.2. The van der Waals surface area contributed by atoms with Gasteiger partial charge in [-0.1, -0.05) is 0 Å². The molecule has 1 unspecified atom stereocenters. The number of carbonyl (C=O) groups is 1. The third kappa shape index (κ3) is 2.72. The van der Waals surface area contributed by atoms with Gasteiger partial charge in [0.2, 0.25) is 0 Å². The fraction of sp³-hybridized carbons (Fsp3) is 0.500. The van der Waals surface area contributed by atoms with Gasteiger partial charge in [0.15, 0.2) is 0 Å². The number of piperidine rings is 3. The Labute approximate surface area is 126 Å². The number of hydrogen-bond donors (Lipinski definition) is 2. The lowest BCUT2D eigenvalue weighted by Gasteiger charge is -2.44. The van der Waals surface area contributed by atoms with Gasteiger partial charge in [0.05, 0.1) is 5.56 Å². The van der Waals surface area contributed by atoms with Crippen molar-refractivity contribution in [3.05, 3.63) is 27.3 Å². The Morgan fingerprint density at radius 2 is 2.11 bits per heavy atom. The van der Waals surface area contributed by atoms with Crippen molar-refractivity contribution in [3.8, 4) is 5.75 Å². The largest absolute Gasteiger partial charge is 0.507 e. The Morgan fingerprint density at radius 3 is 2.74 bits per heavy atom. The number of nitrogens with one attached hydrogen (secondary N) is 1. The lowest BCUT2D eigenvalue weighted by atomic mass is 9.84. The summed E-state index contributed by atoms with van der Waals surface area (Å²) in [6, 6.07) is 5.33. The van der Waals surface area contributed by atoms with Crippen molar-refractivity contribution in [2.24, 2.45) is 5.92 Å². The fourth-order valence-corrected chi connectivity index (χ4v) is 3.56. The topological polar surface area (TPSA) is 52.6 Å². The number of halogens is 1. The van der Waals surface area contributed by atoms with Crippen molar-refractivity contribution in [1.29, 1.82) is 0 Å². The number of carbonyl (C=O) groups excluding carboxylic acids is 1. The molecule has 3 aliphatic rings. The number of rotatable bonds is 2. The van der Waals surface area contributed by atoms with E-state index < -0.39 is 0 Å². The molecule has 4 nitrogen and oxygen atoms in total. The molecule has 3 saturated heterocycles. The predicted molar refractivity (Wildman–Crippen MR) is 81.2 cm³/mol. The van der Waals surface area contributed by atoms with Crippen LogP contribution in [0.5, 0.6) is 5.75 Å². The molecule has 4 rings (SSSR count). The van der Waals surface area contributed by atoms with Crippen molar-refractivity contribution < 1.29 is 9.90 Å². The molecule has 1 aromatic carbocycles. The van der Waals surface area contributed by atoms with Gasteiger partial charge >= 0.3 is 0 Å². The number of hydrogen-bond acceptors (Lipinski definition) is 3. The standard InChI is InChI=1S/C14H17IN2O2/c15-10-1-2-13(18)11(7-10)14(19)16-12-8-17-5-3-9(12)4-6-17/h1-2,7,9,12,18H,3-6,8H2,(H,16,19). The second-order valence-electron chi connectivity index (χ2n) is 5.38. The molecule has 2 bridgehead atoms. The zero-order valence-electron chi connectivity index (χ0n) is 10.6. The average molecular weight is 372 g/mol. The normalized spacial score (nSPS) is 29.2. The summed E-state index contributed by atoms with van der Waals surface area (Å²) in [6.45, 7) is 3.26. The average Bonchev–Trinajstić information content (AvgIpc) is 2.43. The molecule has 3 aliphatic heterocycles. The Balaban J connectivity index is 1.73. The quantitative estimate of drug-likeness (QED) is 0.779. The molecule has 0 spiro atoms. The van der Waals surface area contributed by atoms with E-state index in [1.165, 1.54) is 12.8 Å². The van der Waals surface area contributed by atoms with Crippen LogP contribution in [0.1, 0.15) is 23.2 Å². The summed E-state index contributed by atoms with van der Waals surface area (Å²) in [6.07, 6.45) is 2.34.